The second-order valence-corrected chi connectivity index (χ2v) is 5.36. The number of aryl methyl sites for hydroxylation is 2. The lowest BCUT2D eigenvalue weighted by atomic mass is 10.1. The molecule has 4 heteroatoms. The first-order chi connectivity index (χ1) is 9.56. The number of nitrogens with one attached hydrogen (secondary N) is 1. The molecule has 0 saturated carbocycles. The summed E-state index contributed by atoms with van der Waals surface area (Å²) in [5.41, 5.74) is 3.36. The van der Waals surface area contributed by atoms with Gasteiger partial charge in [0.25, 0.3) is 0 Å². The number of carbonyl (C=O) groups is 1. The molecule has 0 radical (unpaired) electrons. The average Bonchev–Trinajstić information content (AvgIpc) is 2.70. The molecular formula is C16H19ClN2O. The summed E-state index contributed by atoms with van der Waals surface area (Å²) >= 11 is 5.90. The van der Waals surface area contributed by atoms with Crippen LogP contribution in [0.1, 0.15) is 17.0 Å². The van der Waals surface area contributed by atoms with Crippen LogP contribution >= 0.6 is 11.6 Å². The Morgan fingerprint density at radius 3 is 2.55 bits per heavy atom. The van der Waals surface area contributed by atoms with E-state index in [4.69, 9.17) is 11.6 Å². The SMILES string of the molecule is Cc1ccc(C)n1CCNC(=O)Cc1cccc(Cl)c1. The van der Waals surface area contributed by atoms with Crippen molar-refractivity contribution in [3.63, 3.8) is 0 Å². The Morgan fingerprint density at radius 2 is 1.90 bits per heavy atom. The van der Waals surface area contributed by atoms with Gasteiger partial charge in [0.1, 0.15) is 0 Å². The number of amides is 1. The largest absolute Gasteiger partial charge is 0.354 e. The summed E-state index contributed by atoms with van der Waals surface area (Å²) in [4.78, 5) is 11.9. The molecule has 106 valence electrons. The van der Waals surface area contributed by atoms with Crippen molar-refractivity contribution < 1.29 is 4.79 Å². The first-order valence-corrected chi connectivity index (χ1v) is 7.08. The van der Waals surface area contributed by atoms with Gasteiger partial charge in [0.15, 0.2) is 0 Å². The van der Waals surface area contributed by atoms with Gasteiger partial charge in [-0.25, -0.2) is 0 Å². The molecule has 0 spiro atoms. The summed E-state index contributed by atoms with van der Waals surface area (Å²) in [5, 5.41) is 3.60. The van der Waals surface area contributed by atoms with Crippen LogP contribution in [0.2, 0.25) is 5.02 Å². The normalized spacial score (nSPS) is 10.6. The summed E-state index contributed by atoms with van der Waals surface area (Å²) < 4.78 is 2.19. The molecular weight excluding hydrogens is 272 g/mol. The molecule has 1 amide bonds. The van der Waals surface area contributed by atoms with Crippen molar-refractivity contribution in [2.24, 2.45) is 0 Å². The molecule has 20 heavy (non-hydrogen) atoms. The Hall–Kier alpha value is -1.74. The Morgan fingerprint density at radius 1 is 1.20 bits per heavy atom. The fraction of sp³-hybridized carbons (Fsp3) is 0.312. The van der Waals surface area contributed by atoms with Gasteiger partial charge >= 0.3 is 0 Å². The summed E-state index contributed by atoms with van der Waals surface area (Å²) in [6.45, 7) is 5.57. The number of benzene rings is 1. The number of nitrogens with zero attached hydrogens (tertiary/aromatic N) is 1. The first kappa shape index (κ1) is 14.7. The highest BCUT2D eigenvalue weighted by Gasteiger charge is 2.05. The number of carbonyl (C=O) groups excluding carboxylic acids is 1. The number of rotatable bonds is 5. The number of halogens is 1. The van der Waals surface area contributed by atoms with E-state index in [1.807, 2.05) is 18.2 Å². The van der Waals surface area contributed by atoms with Gasteiger partial charge in [-0.2, -0.15) is 0 Å². The zero-order valence-electron chi connectivity index (χ0n) is 11.8. The second-order valence-electron chi connectivity index (χ2n) is 4.92. The highest BCUT2D eigenvalue weighted by atomic mass is 35.5. The zero-order valence-corrected chi connectivity index (χ0v) is 12.6. The van der Waals surface area contributed by atoms with Crippen molar-refractivity contribution in [2.75, 3.05) is 6.54 Å². The van der Waals surface area contributed by atoms with Crippen molar-refractivity contribution in [1.82, 2.24) is 9.88 Å². The van der Waals surface area contributed by atoms with Crippen LogP contribution in [-0.4, -0.2) is 17.0 Å². The van der Waals surface area contributed by atoms with E-state index in [0.717, 1.165) is 12.1 Å². The fourth-order valence-corrected chi connectivity index (χ4v) is 2.47. The van der Waals surface area contributed by atoms with E-state index in [-0.39, 0.29) is 5.91 Å². The Kier molecular flexibility index (Phi) is 4.85. The van der Waals surface area contributed by atoms with Crippen molar-refractivity contribution >= 4 is 17.5 Å². The Balaban J connectivity index is 1.81. The quantitative estimate of drug-likeness (QED) is 0.902. The van der Waals surface area contributed by atoms with E-state index in [1.54, 1.807) is 6.07 Å². The van der Waals surface area contributed by atoms with Crippen molar-refractivity contribution in [3.8, 4) is 0 Å². The van der Waals surface area contributed by atoms with Crippen LogP contribution < -0.4 is 5.32 Å². The highest BCUT2D eigenvalue weighted by Crippen LogP contribution is 2.11. The van der Waals surface area contributed by atoms with Crippen LogP contribution in [0.15, 0.2) is 36.4 Å². The molecule has 0 aliphatic carbocycles. The van der Waals surface area contributed by atoms with E-state index in [0.29, 0.717) is 18.0 Å². The van der Waals surface area contributed by atoms with Crippen molar-refractivity contribution in [3.05, 3.63) is 58.4 Å². The lowest BCUT2D eigenvalue weighted by Crippen LogP contribution is -2.29. The Labute approximate surface area is 124 Å². The maximum atomic E-state index is 11.9. The zero-order chi connectivity index (χ0) is 14.5. The van der Waals surface area contributed by atoms with Crippen LogP contribution in [0.4, 0.5) is 0 Å². The molecule has 1 N–H and O–H groups in total. The predicted molar refractivity (Wildman–Crippen MR) is 82.1 cm³/mol. The number of hydrogen-bond acceptors (Lipinski definition) is 1. The highest BCUT2D eigenvalue weighted by molar-refractivity contribution is 6.30. The van der Waals surface area contributed by atoms with Gasteiger partial charge in [-0.15, -0.1) is 0 Å². The monoisotopic (exact) mass is 290 g/mol. The minimum atomic E-state index is 0.0229. The molecule has 1 aromatic heterocycles. The molecule has 2 rings (SSSR count). The molecule has 0 atom stereocenters. The third kappa shape index (κ3) is 3.87. The van der Waals surface area contributed by atoms with Gasteiger partial charge in [-0.05, 0) is 43.7 Å². The first-order valence-electron chi connectivity index (χ1n) is 6.70. The minimum Gasteiger partial charge on any atom is -0.354 e. The molecule has 0 saturated heterocycles. The van der Waals surface area contributed by atoms with Crippen molar-refractivity contribution in [2.45, 2.75) is 26.8 Å². The topological polar surface area (TPSA) is 34.0 Å². The Bertz CT molecular complexity index is 585. The predicted octanol–water partition coefficient (Wildman–Crippen LogP) is 3.12. The average molecular weight is 291 g/mol. The van der Waals surface area contributed by atoms with Crippen LogP contribution in [-0.2, 0) is 17.8 Å². The van der Waals surface area contributed by atoms with Crippen LogP contribution in [0, 0.1) is 13.8 Å². The van der Waals surface area contributed by atoms with Gasteiger partial charge in [0.05, 0.1) is 6.42 Å². The summed E-state index contributed by atoms with van der Waals surface area (Å²) in [7, 11) is 0. The molecule has 0 fully saturated rings. The fourth-order valence-electron chi connectivity index (χ4n) is 2.25. The molecule has 0 aliphatic heterocycles. The van der Waals surface area contributed by atoms with Gasteiger partial charge in [0, 0.05) is 29.5 Å². The summed E-state index contributed by atoms with van der Waals surface area (Å²) in [6.07, 6.45) is 0.365. The molecule has 3 nitrogen and oxygen atoms in total. The van der Waals surface area contributed by atoms with Crippen molar-refractivity contribution in [1.29, 1.82) is 0 Å². The van der Waals surface area contributed by atoms with E-state index < -0.39 is 0 Å². The molecule has 0 aliphatic rings. The third-order valence-electron chi connectivity index (χ3n) is 3.33. The molecule has 1 aromatic carbocycles. The van der Waals surface area contributed by atoms with Gasteiger partial charge in [-0.1, -0.05) is 23.7 Å². The lowest BCUT2D eigenvalue weighted by Gasteiger charge is -2.10. The smallest absolute Gasteiger partial charge is 0.224 e. The maximum absolute atomic E-state index is 11.9. The second kappa shape index (κ2) is 6.62. The summed E-state index contributed by atoms with van der Waals surface area (Å²) in [6, 6.07) is 11.6. The summed E-state index contributed by atoms with van der Waals surface area (Å²) in [5.74, 6) is 0.0229. The standard InChI is InChI=1S/C16H19ClN2O/c1-12-6-7-13(2)19(12)9-8-18-16(20)11-14-4-3-5-15(17)10-14/h3-7,10H,8-9,11H2,1-2H3,(H,18,20). The number of hydrogen-bond donors (Lipinski definition) is 1. The van der Waals surface area contributed by atoms with Gasteiger partial charge < -0.3 is 9.88 Å². The van der Waals surface area contributed by atoms with E-state index in [1.165, 1.54) is 11.4 Å². The van der Waals surface area contributed by atoms with Crippen LogP contribution in [0.25, 0.3) is 0 Å². The van der Waals surface area contributed by atoms with Crippen LogP contribution in [0.3, 0.4) is 0 Å². The molecule has 0 unspecified atom stereocenters. The van der Waals surface area contributed by atoms with Gasteiger partial charge in [-0.3, -0.25) is 4.79 Å². The third-order valence-corrected chi connectivity index (χ3v) is 3.56. The van der Waals surface area contributed by atoms with E-state index in [9.17, 15) is 4.79 Å². The maximum Gasteiger partial charge on any atom is 0.224 e. The molecule has 2 aromatic rings. The molecule has 1 heterocycles. The minimum absolute atomic E-state index is 0.0229. The van der Waals surface area contributed by atoms with Gasteiger partial charge in [0.2, 0.25) is 5.91 Å². The lowest BCUT2D eigenvalue weighted by molar-refractivity contribution is -0.120. The van der Waals surface area contributed by atoms with Crippen LogP contribution in [0.5, 0.6) is 0 Å². The number of aromatic nitrogens is 1. The molecule has 0 bridgehead atoms. The van der Waals surface area contributed by atoms with E-state index >= 15 is 0 Å². The van der Waals surface area contributed by atoms with E-state index in [2.05, 4.69) is 35.9 Å².